The van der Waals surface area contributed by atoms with Crippen molar-refractivity contribution in [3.05, 3.63) is 22.7 Å². The van der Waals surface area contributed by atoms with Gasteiger partial charge in [0.25, 0.3) is 5.56 Å². The molecule has 0 amide bonds. The van der Waals surface area contributed by atoms with Crippen LogP contribution < -0.4 is 15.8 Å². The van der Waals surface area contributed by atoms with Gasteiger partial charge in [0.1, 0.15) is 0 Å². The summed E-state index contributed by atoms with van der Waals surface area (Å²) in [4.78, 5) is 20.9. The first-order valence-corrected chi connectivity index (χ1v) is 8.61. The van der Waals surface area contributed by atoms with Crippen molar-refractivity contribution in [1.29, 1.82) is 0 Å². The summed E-state index contributed by atoms with van der Waals surface area (Å²) in [6.07, 6.45) is 8.17. The van der Waals surface area contributed by atoms with Crippen LogP contribution in [0.3, 0.4) is 0 Å². The SMILES string of the molecule is O=c1[nH]ccnc1N1CCC[C@H](N[C@H]2CCCSC2)C1. The van der Waals surface area contributed by atoms with Crippen LogP contribution in [0.25, 0.3) is 0 Å². The first kappa shape index (κ1) is 13.9. The molecule has 0 spiro atoms. The van der Waals surface area contributed by atoms with Gasteiger partial charge in [-0.15, -0.1) is 0 Å². The molecule has 6 heteroatoms. The number of H-pyrrole nitrogens is 1. The number of hydrogen-bond donors (Lipinski definition) is 2. The van der Waals surface area contributed by atoms with Gasteiger partial charge in [0, 0.05) is 43.3 Å². The number of piperidine rings is 1. The second kappa shape index (κ2) is 6.63. The average molecular weight is 294 g/mol. The van der Waals surface area contributed by atoms with Crippen molar-refractivity contribution >= 4 is 17.6 Å². The van der Waals surface area contributed by atoms with Crippen molar-refractivity contribution < 1.29 is 0 Å². The van der Waals surface area contributed by atoms with Gasteiger partial charge >= 0.3 is 0 Å². The number of thioether (sulfide) groups is 1. The summed E-state index contributed by atoms with van der Waals surface area (Å²) < 4.78 is 0. The molecule has 110 valence electrons. The summed E-state index contributed by atoms with van der Waals surface area (Å²) in [5, 5.41) is 3.77. The molecular weight excluding hydrogens is 272 g/mol. The Morgan fingerprint density at radius 1 is 1.35 bits per heavy atom. The fraction of sp³-hybridized carbons (Fsp3) is 0.714. The van der Waals surface area contributed by atoms with E-state index in [1.807, 2.05) is 11.8 Å². The van der Waals surface area contributed by atoms with Crippen molar-refractivity contribution in [3.8, 4) is 0 Å². The first-order valence-electron chi connectivity index (χ1n) is 7.45. The monoisotopic (exact) mass is 294 g/mol. The maximum Gasteiger partial charge on any atom is 0.290 e. The highest BCUT2D eigenvalue weighted by molar-refractivity contribution is 7.99. The van der Waals surface area contributed by atoms with Gasteiger partial charge < -0.3 is 15.2 Å². The minimum absolute atomic E-state index is 0.0821. The van der Waals surface area contributed by atoms with Crippen molar-refractivity contribution in [3.63, 3.8) is 0 Å². The van der Waals surface area contributed by atoms with Crippen LogP contribution in [-0.2, 0) is 0 Å². The molecule has 0 saturated carbocycles. The van der Waals surface area contributed by atoms with Crippen LogP contribution in [0, 0.1) is 0 Å². The Balaban J connectivity index is 1.61. The van der Waals surface area contributed by atoms with E-state index in [0.29, 0.717) is 17.9 Å². The molecule has 3 heterocycles. The molecule has 2 aliphatic heterocycles. The van der Waals surface area contributed by atoms with Gasteiger partial charge in [-0.2, -0.15) is 11.8 Å². The van der Waals surface area contributed by atoms with Crippen LogP contribution in [0.15, 0.2) is 17.2 Å². The van der Waals surface area contributed by atoms with Crippen molar-refractivity contribution in [1.82, 2.24) is 15.3 Å². The van der Waals surface area contributed by atoms with Gasteiger partial charge in [-0.3, -0.25) is 4.79 Å². The van der Waals surface area contributed by atoms with E-state index in [1.54, 1.807) is 12.4 Å². The summed E-state index contributed by atoms with van der Waals surface area (Å²) in [5.41, 5.74) is -0.0821. The molecule has 0 radical (unpaired) electrons. The zero-order chi connectivity index (χ0) is 13.8. The molecule has 2 N–H and O–H groups in total. The van der Waals surface area contributed by atoms with Crippen LogP contribution in [0.2, 0.25) is 0 Å². The van der Waals surface area contributed by atoms with Crippen LogP contribution in [0.1, 0.15) is 25.7 Å². The van der Waals surface area contributed by atoms with E-state index in [2.05, 4.69) is 20.2 Å². The lowest BCUT2D eigenvalue weighted by Gasteiger charge is -2.36. The van der Waals surface area contributed by atoms with E-state index in [-0.39, 0.29) is 5.56 Å². The third-order valence-electron chi connectivity index (χ3n) is 4.04. The van der Waals surface area contributed by atoms with Crippen LogP contribution in [0.5, 0.6) is 0 Å². The summed E-state index contributed by atoms with van der Waals surface area (Å²) in [5.74, 6) is 3.09. The van der Waals surface area contributed by atoms with E-state index in [0.717, 1.165) is 19.5 Å². The summed E-state index contributed by atoms with van der Waals surface area (Å²) in [6.45, 7) is 1.82. The number of nitrogens with zero attached hydrogens (tertiary/aromatic N) is 2. The third-order valence-corrected chi connectivity index (χ3v) is 5.26. The van der Waals surface area contributed by atoms with E-state index in [1.165, 1.54) is 30.8 Å². The molecule has 0 bridgehead atoms. The molecule has 2 fully saturated rings. The number of nitrogens with one attached hydrogen (secondary N) is 2. The van der Waals surface area contributed by atoms with Gasteiger partial charge in [0.05, 0.1) is 0 Å². The largest absolute Gasteiger partial charge is 0.350 e. The topological polar surface area (TPSA) is 61.0 Å². The summed E-state index contributed by atoms with van der Waals surface area (Å²) in [6, 6.07) is 1.12. The number of rotatable bonds is 3. The standard InChI is InChI=1S/C14H22N4OS/c19-14-13(15-5-6-16-14)18-7-1-3-11(9-18)17-12-4-2-8-20-10-12/h5-6,11-12,17H,1-4,7-10H2,(H,16,19)/t11-,12-/m0/s1. The number of anilines is 1. The van der Waals surface area contributed by atoms with Gasteiger partial charge in [0.15, 0.2) is 5.82 Å². The van der Waals surface area contributed by atoms with E-state index < -0.39 is 0 Å². The quantitative estimate of drug-likeness (QED) is 0.878. The molecule has 20 heavy (non-hydrogen) atoms. The Kier molecular flexibility index (Phi) is 4.62. The maximum absolute atomic E-state index is 11.8. The third kappa shape index (κ3) is 3.35. The molecule has 1 aromatic rings. The zero-order valence-electron chi connectivity index (χ0n) is 11.7. The number of aromatic nitrogens is 2. The lowest BCUT2D eigenvalue weighted by Crippen LogP contribution is -2.51. The van der Waals surface area contributed by atoms with Gasteiger partial charge in [0.2, 0.25) is 0 Å². The molecule has 0 unspecified atom stereocenters. The normalized spacial score (nSPS) is 27.5. The Bertz CT molecular complexity index is 486. The Labute approximate surface area is 123 Å². The van der Waals surface area contributed by atoms with Crippen LogP contribution in [-0.4, -0.2) is 46.6 Å². The van der Waals surface area contributed by atoms with Gasteiger partial charge in [-0.25, -0.2) is 4.98 Å². The lowest BCUT2D eigenvalue weighted by molar-refractivity contribution is 0.371. The van der Waals surface area contributed by atoms with Crippen molar-refractivity contribution in [2.45, 2.75) is 37.8 Å². The van der Waals surface area contributed by atoms with Crippen molar-refractivity contribution in [2.75, 3.05) is 29.5 Å². The summed E-state index contributed by atoms with van der Waals surface area (Å²) >= 11 is 2.05. The van der Waals surface area contributed by atoms with Gasteiger partial charge in [-0.1, -0.05) is 0 Å². The van der Waals surface area contributed by atoms with E-state index in [4.69, 9.17) is 0 Å². The molecule has 2 aliphatic rings. The Morgan fingerprint density at radius 2 is 2.25 bits per heavy atom. The predicted molar refractivity (Wildman–Crippen MR) is 83.6 cm³/mol. The Morgan fingerprint density at radius 3 is 3.05 bits per heavy atom. The fourth-order valence-electron chi connectivity index (χ4n) is 3.08. The van der Waals surface area contributed by atoms with Crippen LogP contribution in [0.4, 0.5) is 5.82 Å². The minimum atomic E-state index is -0.0821. The minimum Gasteiger partial charge on any atom is -0.350 e. The molecule has 0 aliphatic carbocycles. The molecule has 2 saturated heterocycles. The lowest BCUT2D eigenvalue weighted by atomic mass is 10.0. The summed E-state index contributed by atoms with van der Waals surface area (Å²) in [7, 11) is 0. The highest BCUT2D eigenvalue weighted by Gasteiger charge is 2.25. The molecule has 5 nitrogen and oxygen atoms in total. The number of hydrogen-bond acceptors (Lipinski definition) is 5. The van der Waals surface area contributed by atoms with E-state index >= 15 is 0 Å². The highest BCUT2D eigenvalue weighted by Crippen LogP contribution is 2.20. The smallest absolute Gasteiger partial charge is 0.290 e. The van der Waals surface area contributed by atoms with Crippen molar-refractivity contribution in [2.24, 2.45) is 0 Å². The van der Waals surface area contributed by atoms with Gasteiger partial charge in [-0.05, 0) is 31.4 Å². The second-order valence-corrected chi connectivity index (χ2v) is 6.76. The Hall–Kier alpha value is -1.01. The maximum atomic E-state index is 11.8. The molecule has 1 aromatic heterocycles. The highest BCUT2D eigenvalue weighted by atomic mass is 32.2. The fourth-order valence-corrected chi connectivity index (χ4v) is 4.17. The average Bonchev–Trinajstić information content (AvgIpc) is 2.49. The molecule has 3 rings (SSSR count). The predicted octanol–water partition coefficient (Wildman–Crippen LogP) is 1.22. The number of aromatic amines is 1. The molecule has 0 aromatic carbocycles. The zero-order valence-corrected chi connectivity index (χ0v) is 12.5. The molecule has 2 atom stereocenters. The second-order valence-electron chi connectivity index (χ2n) is 5.61. The van der Waals surface area contributed by atoms with Crippen LogP contribution >= 0.6 is 11.8 Å². The molecular formula is C14H22N4OS. The van der Waals surface area contributed by atoms with E-state index in [9.17, 15) is 4.79 Å². The first-order chi connectivity index (χ1) is 9.83.